The second-order valence-corrected chi connectivity index (χ2v) is 8.31. The molecule has 1 aliphatic heterocycles. The molecule has 0 radical (unpaired) electrons. The molecule has 1 saturated heterocycles. The molecule has 1 aromatic carbocycles. The Bertz CT molecular complexity index is 654. The third-order valence-electron chi connectivity index (χ3n) is 5.77. The van der Waals surface area contributed by atoms with Crippen LogP contribution in [0.1, 0.15) is 44.6 Å². The van der Waals surface area contributed by atoms with Gasteiger partial charge in [-0.3, -0.25) is 9.79 Å². The number of hydrogen-bond acceptors (Lipinski definition) is 2. The van der Waals surface area contributed by atoms with Gasteiger partial charge in [-0.15, -0.1) is 0 Å². The van der Waals surface area contributed by atoms with E-state index in [0.29, 0.717) is 6.42 Å². The number of amides is 1. The Morgan fingerprint density at radius 1 is 1.35 bits per heavy atom. The number of nitrogens with zero attached hydrogens (tertiary/aromatic N) is 2. The standard InChI is InChI=1S/C20H29BrN4O/c1-3-18(26)25-12-9-17(13-25)24-19(22-2)23-14-20(10-4-11-20)15-5-7-16(21)8-6-15/h5-8,17H,3-4,9-14H2,1-2H3,(H2,22,23,24). The summed E-state index contributed by atoms with van der Waals surface area (Å²) in [6.07, 6.45) is 5.25. The summed E-state index contributed by atoms with van der Waals surface area (Å²) in [6.45, 7) is 4.41. The molecule has 1 aliphatic carbocycles. The molecule has 0 bridgehead atoms. The summed E-state index contributed by atoms with van der Waals surface area (Å²) in [6, 6.07) is 8.99. The molecule has 1 atom stereocenters. The van der Waals surface area contributed by atoms with Gasteiger partial charge in [-0.2, -0.15) is 0 Å². The van der Waals surface area contributed by atoms with Gasteiger partial charge in [0.15, 0.2) is 5.96 Å². The van der Waals surface area contributed by atoms with Crippen molar-refractivity contribution < 1.29 is 4.79 Å². The quantitative estimate of drug-likeness (QED) is 0.568. The van der Waals surface area contributed by atoms with Crippen LogP contribution in [0.3, 0.4) is 0 Å². The maximum absolute atomic E-state index is 11.8. The van der Waals surface area contributed by atoms with E-state index in [1.165, 1.54) is 24.8 Å². The van der Waals surface area contributed by atoms with Crippen LogP contribution in [0.25, 0.3) is 0 Å². The molecule has 5 nitrogen and oxygen atoms in total. The topological polar surface area (TPSA) is 56.7 Å². The highest BCUT2D eigenvalue weighted by Gasteiger charge is 2.38. The number of benzene rings is 1. The zero-order valence-corrected chi connectivity index (χ0v) is 17.3. The van der Waals surface area contributed by atoms with Crippen molar-refractivity contribution in [3.63, 3.8) is 0 Å². The Labute approximate surface area is 164 Å². The predicted octanol–water partition coefficient (Wildman–Crippen LogP) is 3.05. The summed E-state index contributed by atoms with van der Waals surface area (Å²) in [5, 5.41) is 7.03. The van der Waals surface area contributed by atoms with Crippen LogP contribution < -0.4 is 10.6 Å². The van der Waals surface area contributed by atoms with Gasteiger partial charge in [0.25, 0.3) is 0 Å². The minimum Gasteiger partial charge on any atom is -0.356 e. The minimum atomic E-state index is 0.207. The van der Waals surface area contributed by atoms with E-state index in [9.17, 15) is 4.79 Å². The molecule has 142 valence electrons. The van der Waals surface area contributed by atoms with Crippen LogP contribution in [-0.4, -0.2) is 49.5 Å². The van der Waals surface area contributed by atoms with E-state index in [1.54, 1.807) is 0 Å². The maximum Gasteiger partial charge on any atom is 0.222 e. The number of aliphatic imine (C=N–C) groups is 1. The third-order valence-corrected chi connectivity index (χ3v) is 6.30. The Balaban J connectivity index is 1.55. The highest BCUT2D eigenvalue weighted by Crippen LogP contribution is 2.43. The second-order valence-electron chi connectivity index (χ2n) is 7.39. The van der Waals surface area contributed by atoms with Gasteiger partial charge in [-0.25, -0.2) is 0 Å². The van der Waals surface area contributed by atoms with Gasteiger partial charge in [-0.1, -0.05) is 41.4 Å². The number of carbonyl (C=O) groups excluding carboxylic acids is 1. The third kappa shape index (κ3) is 4.22. The average Bonchev–Trinajstić information content (AvgIpc) is 3.09. The zero-order valence-electron chi connectivity index (χ0n) is 15.7. The summed E-state index contributed by atoms with van der Waals surface area (Å²) < 4.78 is 1.12. The van der Waals surface area contributed by atoms with Crippen molar-refractivity contribution >= 4 is 27.8 Å². The van der Waals surface area contributed by atoms with Crippen molar-refractivity contribution in [1.82, 2.24) is 15.5 Å². The number of guanidine groups is 1. The second kappa shape index (κ2) is 8.42. The predicted molar refractivity (Wildman–Crippen MR) is 109 cm³/mol. The van der Waals surface area contributed by atoms with E-state index in [4.69, 9.17) is 0 Å². The Kier molecular flexibility index (Phi) is 6.22. The molecular weight excluding hydrogens is 392 g/mol. The van der Waals surface area contributed by atoms with E-state index in [2.05, 4.69) is 55.8 Å². The summed E-state index contributed by atoms with van der Waals surface area (Å²) in [4.78, 5) is 18.2. The Morgan fingerprint density at radius 3 is 2.65 bits per heavy atom. The maximum atomic E-state index is 11.8. The Hall–Kier alpha value is -1.56. The van der Waals surface area contributed by atoms with Gasteiger partial charge in [0.2, 0.25) is 5.91 Å². The van der Waals surface area contributed by atoms with Gasteiger partial charge >= 0.3 is 0 Å². The lowest BCUT2D eigenvalue weighted by atomic mass is 9.64. The van der Waals surface area contributed by atoms with Crippen LogP contribution in [0.2, 0.25) is 0 Å². The highest BCUT2D eigenvalue weighted by molar-refractivity contribution is 9.10. The molecule has 1 heterocycles. The van der Waals surface area contributed by atoms with Crippen LogP contribution in [-0.2, 0) is 10.2 Å². The number of hydrogen-bond donors (Lipinski definition) is 2. The number of nitrogens with one attached hydrogen (secondary N) is 2. The van der Waals surface area contributed by atoms with Crippen molar-refractivity contribution in [2.75, 3.05) is 26.7 Å². The van der Waals surface area contributed by atoms with Crippen molar-refractivity contribution in [3.05, 3.63) is 34.3 Å². The van der Waals surface area contributed by atoms with Gasteiger partial charge in [0.05, 0.1) is 0 Å². The SMILES string of the molecule is CCC(=O)N1CCC(NC(=NC)NCC2(c3ccc(Br)cc3)CCC2)C1. The molecule has 1 amide bonds. The molecule has 1 unspecified atom stereocenters. The van der Waals surface area contributed by atoms with Crippen molar-refractivity contribution in [2.45, 2.75) is 50.5 Å². The zero-order chi connectivity index (χ0) is 18.6. The molecular formula is C20H29BrN4O. The average molecular weight is 421 g/mol. The molecule has 2 aliphatic rings. The fraction of sp³-hybridized carbons (Fsp3) is 0.600. The molecule has 0 aromatic heterocycles. The first kappa shape index (κ1) is 19.2. The molecule has 1 aromatic rings. The smallest absolute Gasteiger partial charge is 0.222 e. The largest absolute Gasteiger partial charge is 0.356 e. The van der Waals surface area contributed by atoms with E-state index in [0.717, 1.165) is 36.5 Å². The summed E-state index contributed by atoms with van der Waals surface area (Å²) >= 11 is 3.52. The van der Waals surface area contributed by atoms with Crippen molar-refractivity contribution in [2.24, 2.45) is 4.99 Å². The van der Waals surface area contributed by atoms with Crippen LogP contribution in [0.5, 0.6) is 0 Å². The first-order valence-corrected chi connectivity index (χ1v) is 10.4. The van der Waals surface area contributed by atoms with Gasteiger partial charge < -0.3 is 15.5 Å². The first-order chi connectivity index (χ1) is 12.6. The lowest BCUT2D eigenvalue weighted by molar-refractivity contribution is -0.129. The fourth-order valence-corrected chi connectivity index (χ4v) is 4.21. The summed E-state index contributed by atoms with van der Waals surface area (Å²) in [5.74, 6) is 1.07. The lowest BCUT2D eigenvalue weighted by Gasteiger charge is -2.43. The highest BCUT2D eigenvalue weighted by atomic mass is 79.9. The minimum absolute atomic E-state index is 0.207. The van der Waals surface area contributed by atoms with Crippen LogP contribution in [0.15, 0.2) is 33.7 Å². The molecule has 1 saturated carbocycles. The van der Waals surface area contributed by atoms with E-state index < -0.39 is 0 Å². The van der Waals surface area contributed by atoms with E-state index >= 15 is 0 Å². The number of halogens is 1. The molecule has 0 spiro atoms. The van der Waals surface area contributed by atoms with E-state index in [1.807, 2.05) is 18.9 Å². The fourth-order valence-electron chi connectivity index (χ4n) is 3.94. The van der Waals surface area contributed by atoms with Crippen molar-refractivity contribution in [1.29, 1.82) is 0 Å². The van der Waals surface area contributed by atoms with Crippen LogP contribution >= 0.6 is 15.9 Å². The van der Waals surface area contributed by atoms with Crippen LogP contribution in [0.4, 0.5) is 0 Å². The molecule has 26 heavy (non-hydrogen) atoms. The van der Waals surface area contributed by atoms with Crippen molar-refractivity contribution in [3.8, 4) is 0 Å². The van der Waals surface area contributed by atoms with Crippen LogP contribution in [0, 0.1) is 0 Å². The number of likely N-dealkylation sites (tertiary alicyclic amines) is 1. The molecule has 2 fully saturated rings. The molecule has 2 N–H and O–H groups in total. The van der Waals surface area contributed by atoms with Gasteiger partial charge in [0.1, 0.15) is 0 Å². The Morgan fingerprint density at radius 2 is 2.08 bits per heavy atom. The normalized spacial score (nSPS) is 22.0. The monoisotopic (exact) mass is 420 g/mol. The summed E-state index contributed by atoms with van der Waals surface area (Å²) in [5.41, 5.74) is 1.61. The van der Waals surface area contributed by atoms with Gasteiger partial charge in [0, 0.05) is 49.0 Å². The summed E-state index contributed by atoms with van der Waals surface area (Å²) in [7, 11) is 1.81. The number of rotatable bonds is 5. The lowest BCUT2D eigenvalue weighted by Crippen LogP contribution is -2.51. The molecule has 6 heteroatoms. The first-order valence-electron chi connectivity index (χ1n) is 9.57. The van der Waals surface area contributed by atoms with Gasteiger partial charge in [-0.05, 0) is 37.0 Å². The van der Waals surface area contributed by atoms with E-state index in [-0.39, 0.29) is 17.4 Å². The number of carbonyl (C=O) groups is 1. The molecule has 3 rings (SSSR count).